The normalized spacial score (nSPS) is 18.6. The van der Waals surface area contributed by atoms with Crippen molar-refractivity contribution in [3.05, 3.63) is 42.2 Å². The molecule has 0 aliphatic heterocycles. The topological polar surface area (TPSA) is 116 Å². The van der Waals surface area contributed by atoms with Crippen LogP contribution in [0.1, 0.15) is 31.2 Å². The molecule has 1 aromatic heterocycles. The lowest BCUT2D eigenvalue weighted by Crippen LogP contribution is -2.28. The molecule has 1 aliphatic carbocycles. The number of nitrogens with one attached hydrogen (secondary N) is 4. The van der Waals surface area contributed by atoms with Crippen LogP contribution < -0.4 is 15.4 Å². The van der Waals surface area contributed by atoms with Crippen LogP contribution in [-0.2, 0) is 4.74 Å². The van der Waals surface area contributed by atoms with E-state index in [9.17, 15) is 0 Å². The molecule has 1 fully saturated rings. The van der Waals surface area contributed by atoms with Gasteiger partial charge in [-0.1, -0.05) is 0 Å². The standard InChI is InChI=1S/C21H28N6O2/c1-24-18-8-7-17(28-2)11-19(18)25-12-14-3-5-15(6-4-14)20(22)29-21(23)16-9-10-26-27-13-16/h7-11,13-15,22-25H,3-6,12H2,1-2H3. The first-order chi connectivity index (χ1) is 14.1. The molecule has 154 valence electrons. The third kappa shape index (κ3) is 5.43. The van der Waals surface area contributed by atoms with Gasteiger partial charge in [-0.25, -0.2) is 0 Å². The molecule has 2 aromatic rings. The summed E-state index contributed by atoms with van der Waals surface area (Å²) in [7, 11) is 3.57. The van der Waals surface area contributed by atoms with Gasteiger partial charge in [0, 0.05) is 25.6 Å². The highest BCUT2D eigenvalue weighted by molar-refractivity contribution is 5.99. The SMILES string of the molecule is CNc1ccc(OC)cc1NCC1CCC(C(=N)OC(=N)c2ccnnc2)CC1. The maximum absolute atomic E-state index is 8.23. The first-order valence-corrected chi connectivity index (χ1v) is 9.82. The molecule has 0 radical (unpaired) electrons. The van der Waals surface area contributed by atoms with Crippen LogP contribution in [0.4, 0.5) is 11.4 Å². The Labute approximate surface area is 171 Å². The number of anilines is 2. The van der Waals surface area contributed by atoms with Gasteiger partial charge in [0.1, 0.15) is 5.75 Å². The summed E-state index contributed by atoms with van der Waals surface area (Å²) in [5.41, 5.74) is 2.60. The zero-order valence-corrected chi connectivity index (χ0v) is 16.9. The van der Waals surface area contributed by atoms with E-state index in [0.717, 1.165) is 49.4 Å². The minimum absolute atomic E-state index is 0.0497. The van der Waals surface area contributed by atoms with Crippen molar-refractivity contribution in [2.75, 3.05) is 31.3 Å². The van der Waals surface area contributed by atoms with E-state index >= 15 is 0 Å². The molecule has 29 heavy (non-hydrogen) atoms. The lowest BCUT2D eigenvalue weighted by atomic mass is 9.82. The lowest BCUT2D eigenvalue weighted by Gasteiger charge is -2.29. The second-order valence-electron chi connectivity index (χ2n) is 7.19. The Balaban J connectivity index is 1.47. The average molecular weight is 396 g/mol. The van der Waals surface area contributed by atoms with Crippen LogP contribution in [0.3, 0.4) is 0 Å². The summed E-state index contributed by atoms with van der Waals surface area (Å²) in [5, 5.41) is 30.4. The van der Waals surface area contributed by atoms with E-state index in [4.69, 9.17) is 20.3 Å². The molecule has 4 N–H and O–H groups in total. The zero-order valence-electron chi connectivity index (χ0n) is 16.9. The molecule has 0 bridgehead atoms. The highest BCUT2D eigenvalue weighted by atomic mass is 16.5. The quantitative estimate of drug-likeness (QED) is 0.418. The number of methoxy groups -OCH3 is 1. The predicted molar refractivity (Wildman–Crippen MR) is 114 cm³/mol. The summed E-state index contributed by atoms with van der Waals surface area (Å²) in [6.07, 6.45) is 6.81. The third-order valence-corrected chi connectivity index (χ3v) is 5.35. The Morgan fingerprint density at radius 3 is 2.55 bits per heavy atom. The fraction of sp³-hybridized carbons (Fsp3) is 0.429. The summed E-state index contributed by atoms with van der Waals surface area (Å²) >= 11 is 0. The van der Waals surface area contributed by atoms with Crippen molar-refractivity contribution in [1.29, 1.82) is 10.8 Å². The first-order valence-electron chi connectivity index (χ1n) is 9.82. The van der Waals surface area contributed by atoms with Crippen LogP contribution in [0.5, 0.6) is 5.75 Å². The van der Waals surface area contributed by atoms with Gasteiger partial charge in [-0.05, 0) is 49.8 Å². The maximum atomic E-state index is 8.23. The minimum atomic E-state index is -0.0497. The molecule has 3 rings (SSSR count). The van der Waals surface area contributed by atoms with Gasteiger partial charge in [0.05, 0.1) is 36.4 Å². The molecule has 8 heteroatoms. The summed E-state index contributed by atoms with van der Waals surface area (Å²) in [4.78, 5) is 0. The van der Waals surface area contributed by atoms with E-state index in [1.165, 1.54) is 12.4 Å². The summed E-state index contributed by atoms with van der Waals surface area (Å²) < 4.78 is 10.8. The molecular formula is C21H28N6O2. The van der Waals surface area contributed by atoms with Crippen molar-refractivity contribution in [3.8, 4) is 5.75 Å². The highest BCUT2D eigenvalue weighted by Gasteiger charge is 2.26. The molecule has 1 heterocycles. The number of ether oxygens (including phenoxy) is 2. The van der Waals surface area contributed by atoms with Crippen LogP contribution in [0.2, 0.25) is 0 Å². The van der Waals surface area contributed by atoms with Crippen molar-refractivity contribution in [2.24, 2.45) is 11.8 Å². The summed E-state index contributed by atoms with van der Waals surface area (Å²) in [6, 6.07) is 7.60. The minimum Gasteiger partial charge on any atom is -0.497 e. The van der Waals surface area contributed by atoms with Crippen molar-refractivity contribution >= 4 is 23.2 Å². The number of hydrogen-bond donors (Lipinski definition) is 4. The van der Waals surface area contributed by atoms with Crippen LogP contribution in [0.15, 0.2) is 36.7 Å². The number of rotatable bonds is 7. The third-order valence-electron chi connectivity index (χ3n) is 5.35. The van der Waals surface area contributed by atoms with Gasteiger partial charge in [-0.3, -0.25) is 10.8 Å². The molecule has 0 atom stereocenters. The molecule has 0 unspecified atom stereocenters. The van der Waals surface area contributed by atoms with Crippen LogP contribution >= 0.6 is 0 Å². The Hall–Kier alpha value is -3.16. The molecule has 1 saturated carbocycles. The largest absolute Gasteiger partial charge is 0.497 e. The van der Waals surface area contributed by atoms with Crippen LogP contribution in [-0.4, -0.2) is 42.7 Å². The van der Waals surface area contributed by atoms with Gasteiger partial charge < -0.3 is 20.1 Å². The van der Waals surface area contributed by atoms with E-state index in [-0.39, 0.29) is 17.7 Å². The van der Waals surface area contributed by atoms with Gasteiger partial charge in [-0.15, -0.1) is 0 Å². The monoisotopic (exact) mass is 396 g/mol. The highest BCUT2D eigenvalue weighted by Crippen LogP contribution is 2.32. The molecule has 1 aromatic carbocycles. The van der Waals surface area contributed by atoms with Gasteiger partial charge in [0.2, 0.25) is 5.90 Å². The fourth-order valence-electron chi connectivity index (χ4n) is 3.57. The summed E-state index contributed by atoms with van der Waals surface area (Å²) in [6.45, 7) is 0.876. The number of benzene rings is 1. The molecule has 0 amide bonds. The number of aromatic nitrogens is 2. The van der Waals surface area contributed by atoms with Crippen LogP contribution in [0.25, 0.3) is 0 Å². The molecule has 8 nitrogen and oxygen atoms in total. The Bertz CT molecular complexity index is 834. The number of hydrogen-bond acceptors (Lipinski definition) is 8. The Kier molecular flexibility index (Phi) is 6.99. The summed E-state index contributed by atoms with van der Waals surface area (Å²) in [5.74, 6) is 1.55. The van der Waals surface area contributed by atoms with Crippen LogP contribution in [0, 0.1) is 22.7 Å². The van der Waals surface area contributed by atoms with E-state index < -0.39 is 0 Å². The van der Waals surface area contributed by atoms with Gasteiger partial charge in [0.15, 0.2) is 5.90 Å². The Morgan fingerprint density at radius 2 is 1.90 bits per heavy atom. The van der Waals surface area contributed by atoms with Crippen molar-refractivity contribution in [1.82, 2.24) is 10.2 Å². The zero-order chi connectivity index (χ0) is 20.6. The second-order valence-corrected chi connectivity index (χ2v) is 7.19. The van der Waals surface area contributed by atoms with E-state index in [2.05, 4.69) is 20.8 Å². The molecule has 0 saturated heterocycles. The van der Waals surface area contributed by atoms with E-state index in [1.807, 2.05) is 25.2 Å². The van der Waals surface area contributed by atoms with E-state index in [0.29, 0.717) is 11.5 Å². The molecule has 1 aliphatic rings. The van der Waals surface area contributed by atoms with Gasteiger partial charge in [-0.2, -0.15) is 10.2 Å². The lowest BCUT2D eigenvalue weighted by molar-refractivity contribution is 0.309. The Morgan fingerprint density at radius 1 is 1.10 bits per heavy atom. The van der Waals surface area contributed by atoms with E-state index in [1.54, 1.807) is 13.2 Å². The number of nitrogens with zero attached hydrogens (tertiary/aromatic N) is 2. The molecular weight excluding hydrogens is 368 g/mol. The van der Waals surface area contributed by atoms with Crippen molar-refractivity contribution < 1.29 is 9.47 Å². The van der Waals surface area contributed by atoms with Crippen molar-refractivity contribution in [3.63, 3.8) is 0 Å². The maximum Gasteiger partial charge on any atom is 0.222 e. The smallest absolute Gasteiger partial charge is 0.222 e. The van der Waals surface area contributed by atoms with Gasteiger partial charge in [0.25, 0.3) is 0 Å². The second kappa shape index (κ2) is 9.86. The first kappa shape index (κ1) is 20.6. The average Bonchev–Trinajstić information content (AvgIpc) is 2.78. The van der Waals surface area contributed by atoms with Crippen molar-refractivity contribution in [2.45, 2.75) is 25.7 Å². The predicted octanol–water partition coefficient (Wildman–Crippen LogP) is 3.76. The van der Waals surface area contributed by atoms with Gasteiger partial charge >= 0.3 is 0 Å². The fourth-order valence-corrected chi connectivity index (χ4v) is 3.57. The molecule has 0 spiro atoms.